The second-order valence-corrected chi connectivity index (χ2v) is 3.75. The minimum atomic E-state index is 0. The number of benzene rings is 1. The maximum absolute atomic E-state index is 3.05. The maximum Gasteiger partial charge on any atom is 2.00 e. The van der Waals surface area contributed by atoms with Crippen LogP contribution in [0, 0.1) is 6.07 Å². The summed E-state index contributed by atoms with van der Waals surface area (Å²) in [6.07, 6.45) is 4.16. The van der Waals surface area contributed by atoms with Gasteiger partial charge in [0.25, 0.3) is 0 Å². The van der Waals surface area contributed by atoms with Crippen molar-refractivity contribution in [3.63, 3.8) is 0 Å². The van der Waals surface area contributed by atoms with Gasteiger partial charge < -0.3 is 21.9 Å². The average molecular weight is 320 g/mol. The van der Waals surface area contributed by atoms with Crippen molar-refractivity contribution < 1.29 is 36.5 Å². The molecule has 1 saturated heterocycles. The second kappa shape index (κ2) is 8.44. The maximum atomic E-state index is 3.05. The van der Waals surface area contributed by atoms with Crippen LogP contribution in [0.2, 0.25) is 0 Å². The summed E-state index contributed by atoms with van der Waals surface area (Å²) in [6, 6.07) is 11.4. The monoisotopic (exact) mass is 317 g/mol. The van der Waals surface area contributed by atoms with Gasteiger partial charge in [-0.15, -0.1) is 5.56 Å². The van der Waals surface area contributed by atoms with E-state index in [0.29, 0.717) is 0 Å². The second-order valence-electron chi connectivity index (χ2n) is 3.75. The molecule has 0 amide bonds. The van der Waals surface area contributed by atoms with Gasteiger partial charge in [-0.3, -0.25) is 0 Å². The van der Waals surface area contributed by atoms with Gasteiger partial charge in [0.1, 0.15) is 0 Å². The summed E-state index contributed by atoms with van der Waals surface area (Å²) >= 11 is 0. The van der Waals surface area contributed by atoms with Gasteiger partial charge in [0.05, 0.1) is 0 Å². The molecule has 3 heteroatoms. The molecule has 0 atom stereocenters. The molecule has 0 aromatic heterocycles. The SMILES string of the molecule is [Br-].[Zn+2].[c-]1ccc(CN2CCCCC2)cc1. The van der Waals surface area contributed by atoms with Crippen molar-refractivity contribution in [3.8, 4) is 0 Å². The Morgan fingerprint density at radius 3 is 2.27 bits per heavy atom. The van der Waals surface area contributed by atoms with Gasteiger partial charge in [0.2, 0.25) is 0 Å². The molecule has 0 unspecified atom stereocenters. The molecule has 1 aromatic carbocycles. The van der Waals surface area contributed by atoms with Gasteiger partial charge in [0.15, 0.2) is 0 Å². The number of piperidine rings is 1. The summed E-state index contributed by atoms with van der Waals surface area (Å²) < 4.78 is 0. The predicted molar refractivity (Wildman–Crippen MR) is 54.4 cm³/mol. The van der Waals surface area contributed by atoms with Gasteiger partial charge in [-0.1, -0.05) is 6.42 Å². The van der Waals surface area contributed by atoms with Crippen LogP contribution >= 0.6 is 0 Å². The van der Waals surface area contributed by atoms with E-state index in [1.165, 1.54) is 37.9 Å². The Balaban J connectivity index is 0.000000980. The minimum Gasteiger partial charge on any atom is -1.00 e. The molecule has 0 N–H and O–H groups in total. The predicted octanol–water partition coefficient (Wildman–Crippen LogP) is -0.526. The fraction of sp³-hybridized carbons (Fsp3) is 0.500. The smallest absolute Gasteiger partial charge is 1.00 e. The molecule has 0 aliphatic carbocycles. The van der Waals surface area contributed by atoms with Gasteiger partial charge in [-0.2, -0.15) is 30.3 Å². The molecular weight excluding hydrogens is 303 g/mol. The zero-order valence-corrected chi connectivity index (χ0v) is 13.6. The van der Waals surface area contributed by atoms with Crippen LogP contribution in [-0.2, 0) is 26.0 Å². The molecule has 2 rings (SSSR count). The number of nitrogens with zero attached hydrogens (tertiary/aromatic N) is 1. The van der Waals surface area contributed by atoms with E-state index in [1.807, 2.05) is 12.1 Å². The van der Waals surface area contributed by atoms with Crippen LogP contribution in [0.5, 0.6) is 0 Å². The summed E-state index contributed by atoms with van der Waals surface area (Å²) in [6.45, 7) is 3.67. The Hall–Kier alpha value is 0.283. The molecule has 0 spiro atoms. The molecule has 0 saturated carbocycles. The molecule has 0 bridgehead atoms. The van der Waals surface area contributed by atoms with E-state index in [0.717, 1.165) is 6.54 Å². The van der Waals surface area contributed by atoms with E-state index in [1.54, 1.807) is 0 Å². The molecule has 1 heterocycles. The number of rotatable bonds is 2. The first-order valence-electron chi connectivity index (χ1n) is 5.12. The summed E-state index contributed by atoms with van der Waals surface area (Å²) in [4.78, 5) is 2.54. The number of hydrogen-bond donors (Lipinski definition) is 0. The Morgan fingerprint density at radius 1 is 1.07 bits per heavy atom. The van der Waals surface area contributed by atoms with E-state index < -0.39 is 0 Å². The van der Waals surface area contributed by atoms with Crippen LogP contribution in [0.4, 0.5) is 0 Å². The van der Waals surface area contributed by atoms with E-state index in [2.05, 4.69) is 23.1 Å². The largest absolute Gasteiger partial charge is 2.00 e. The average Bonchev–Trinajstić information content (AvgIpc) is 2.21. The molecular formula is C12H16BrNZn. The summed E-state index contributed by atoms with van der Waals surface area (Å²) in [5.41, 5.74) is 1.42. The van der Waals surface area contributed by atoms with E-state index in [4.69, 9.17) is 0 Å². The van der Waals surface area contributed by atoms with Gasteiger partial charge in [0, 0.05) is 6.54 Å². The van der Waals surface area contributed by atoms with Gasteiger partial charge in [-0.05, 0) is 25.9 Å². The fourth-order valence-corrected chi connectivity index (χ4v) is 1.90. The summed E-state index contributed by atoms with van der Waals surface area (Å²) in [5, 5.41) is 0. The standard InChI is InChI=1S/C12H16N.BrH.Zn/c1-3-7-12(8-4-1)11-13-9-5-2-6-10-13;;/h3-4,7-8H,2,5-6,9-11H2;1H;/q-1;;+2/p-1. The molecule has 1 aromatic rings. The zero-order valence-electron chi connectivity index (χ0n) is 9.08. The number of halogens is 1. The molecule has 78 valence electrons. The molecule has 15 heavy (non-hydrogen) atoms. The Kier molecular flexibility index (Phi) is 8.60. The van der Waals surface area contributed by atoms with Crippen LogP contribution in [0.3, 0.4) is 0 Å². The van der Waals surface area contributed by atoms with Crippen LogP contribution in [0.15, 0.2) is 24.3 Å². The normalized spacial score (nSPS) is 16.3. The minimum absolute atomic E-state index is 0. The van der Waals surface area contributed by atoms with Crippen LogP contribution < -0.4 is 17.0 Å². The fourth-order valence-electron chi connectivity index (χ4n) is 1.90. The molecule has 1 nitrogen and oxygen atoms in total. The van der Waals surface area contributed by atoms with E-state index >= 15 is 0 Å². The summed E-state index contributed by atoms with van der Waals surface area (Å²) in [7, 11) is 0. The van der Waals surface area contributed by atoms with Gasteiger partial charge in [-0.25, -0.2) is 0 Å². The molecule has 0 radical (unpaired) electrons. The van der Waals surface area contributed by atoms with E-state index in [-0.39, 0.29) is 36.5 Å². The van der Waals surface area contributed by atoms with Crippen molar-refractivity contribution in [3.05, 3.63) is 35.9 Å². The first-order chi connectivity index (χ1) is 6.45. The number of hydrogen-bond acceptors (Lipinski definition) is 1. The van der Waals surface area contributed by atoms with Crippen molar-refractivity contribution in [2.75, 3.05) is 13.1 Å². The first-order valence-corrected chi connectivity index (χ1v) is 5.12. The van der Waals surface area contributed by atoms with Crippen molar-refractivity contribution >= 4 is 0 Å². The Bertz CT molecular complexity index is 247. The third kappa shape index (κ3) is 5.24. The Morgan fingerprint density at radius 2 is 1.67 bits per heavy atom. The first kappa shape index (κ1) is 15.3. The summed E-state index contributed by atoms with van der Waals surface area (Å²) in [5.74, 6) is 0. The van der Waals surface area contributed by atoms with Crippen LogP contribution in [-0.4, -0.2) is 18.0 Å². The molecule has 1 aliphatic heterocycles. The molecule has 1 fully saturated rings. The third-order valence-electron chi connectivity index (χ3n) is 2.64. The third-order valence-corrected chi connectivity index (χ3v) is 2.64. The zero-order chi connectivity index (χ0) is 8.93. The molecule has 1 aliphatic rings. The Labute approximate surface area is 116 Å². The van der Waals surface area contributed by atoms with Crippen molar-refractivity contribution in [1.82, 2.24) is 4.90 Å². The van der Waals surface area contributed by atoms with Crippen molar-refractivity contribution in [2.45, 2.75) is 25.8 Å². The van der Waals surface area contributed by atoms with Crippen molar-refractivity contribution in [2.24, 2.45) is 0 Å². The van der Waals surface area contributed by atoms with E-state index in [9.17, 15) is 0 Å². The van der Waals surface area contributed by atoms with Crippen molar-refractivity contribution in [1.29, 1.82) is 0 Å². The van der Waals surface area contributed by atoms with Crippen LogP contribution in [0.1, 0.15) is 24.8 Å². The quantitative estimate of drug-likeness (QED) is 0.523. The van der Waals surface area contributed by atoms with Crippen LogP contribution in [0.25, 0.3) is 0 Å². The van der Waals surface area contributed by atoms with Gasteiger partial charge >= 0.3 is 19.5 Å². The number of likely N-dealkylation sites (tertiary alicyclic amines) is 1. The topological polar surface area (TPSA) is 3.24 Å².